The monoisotopic (exact) mass is 391 g/mol. The van der Waals surface area contributed by atoms with E-state index in [0.717, 1.165) is 29.3 Å². The Kier molecular flexibility index (Phi) is 6.38. The molecule has 4 nitrogen and oxygen atoms in total. The number of methoxy groups -OCH3 is 1. The summed E-state index contributed by atoms with van der Waals surface area (Å²) in [5.74, 6) is 1.46. The molecule has 2 bridgehead atoms. The normalized spacial score (nSPS) is 21.2. The molecular weight excluding hydrogens is 358 g/mol. The third kappa shape index (κ3) is 4.58. The first kappa shape index (κ1) is 19.8. The first-order valence-corrected chi connectivity index (χ1v) is 11.2. The number of hydrogen-bond donors (Lipinski definition) is 2. The van der Waals surface area contributed by atoms with Crippen LogP contribution in [0, 0.1) is 0 Å². The van der Waals surface area contributed by atoms with Gasteiger partial charge in [-0.2, -0.15) is 0 Å². The topological polar surface area (TPSA) is 53.2 Å². The molecule has 2 aromatic heterocycles. The van der Waals surface area contributed by atoms with E-state index in [2.05, 4.69) is 29.0 Å². The van der Waals surface area contributed by atoms with Gasteiger partial charge in [0.15, 0.2) is 0 Å². The fourth-order valence-corrected chi connectivity index (χ4v) is 4.55. The highest BCUT2D eigenvalue weighted by Gasteiger charge is 2.21. The highest BCUT2D eigenvalue weighted by atomic mass is 16.5. The van der Waals surface area contributed by atoms with Gasteiger partial charge in [-0.1, -0.05) is 39.0 Å². The Hall–Kier alpha value is -2.49. The van der Waals surface area contributed by atoms with Crippen LogP contribution in [0.3, 0.4) is 0 Å². The van der Waals surface area contributed by atoms with E-state index in [1.807, 2.05) is 24.4 Å². The van der Waals surface area contributed by atoms with E-state index in [9.17, 15) is 0 Å². The summed E-state index contributed by atoms with van der Waals surface area (Å²) in [6, 6.07) is 6.47. The van der Waals surface area contributed by atoms with Crippen LogP contribution in [-0.4, -0.2) is 22.8 Å². The van der Waals surface area contributed by atoms with Gasteiger partial charge in [0.1, 0.15) is 11.5 Å². The van der Waals surface area contributed by atoms with Crippen LogP contribution < -0.4 is 0 Å². The molecule has 29 heavy (non-hydrogen) atoms. The van der Waals surface area contributed by atoms with Crippen molar-refractivity contribution in [3.05, 3.63) is 64.6 Å². The molecule has 2 aromatic rings. The number of aryl methyl sites for hydroxylation is 1. The first-order valence-electron chi connectivity index (χ1n) is 11.2. The maximum atomic E-state index is 5.65. The van der Waals surface area contributed by atoms with Crippen molar-refractivity contribution in [2.45, 2.75) is 70.6 Å². The number of nitrogens with zero attached hydrogens (tertiary/aromatic N) is 1. The molecule has 1 atom stereocenters. The number of aromatic amines is 2. The molecule has 0 saturated carbocycles. The highest BCUT2D eigenvalue weighted by molar-refractivity contribution is 6.11. The van der Waals surface area contributed by atoms with Crippen LogP contribution in [-0.2, 0) is 11.2 Å². The number of fused-ring (bicyclic) bond motifs is 2. The van der Waals surface area contributed by atoms with E-state index in [1.54, 1.807) is 7.11 Å². The van der Waals surface area contributed by atoms with Crippen LogP contribution in [0.5, 0.6) is 0 Å². The number of ether oxygens (including phenoxy) is 1. The number of aromatic nitrogens is 2. The summed E-state index contributed by atoms with van der Waals surface area (Å²) < 4.78 is 5.65. The molecule has 0 amide bonds. The number of aliphatic imine (C=N–C) groups is 1. The minimum absolute atomic E-state index is 0.633. The van der Waals surface area contributed by atoms with Crippen molar-refractivity contribution in [3.8, 4) is 0 Å². The SMILES string of the molecule is CCCC[C@H]1CCCCCCc2cc1c(/C=C1\N=C(c3ccc[nH]3)C=C1OC)[nH]2. The summed E-state index contributed by atoms with van der Waals surface area (Å²) in [7, 11) is 1.72. The molecule has 1 aliphatic carbocycles. The number of nitrogens with one attached hydrogen (secondary N) is 2. The van der Waals surface area contributed by atoms with E-state index in [-0.39, 0.29) is 0 Å². The maximum absolute atomic E-state index is 5.65. The van der Waals surface area contributed by atoms with Gasteiger partial charge in [-0.25, -0.2) is 4.99 Å². The molecular formula is C25H33N3O. The predicted octanol–water partition coefficient (Wildman–Crippen LogP) is 6.50. The van der Waals surface area contributed by atoms with E-state index < -0.39 is 0 Å². The lowest BCUT2D eigenvalue weighted by atomic mass is 9.87. The Morgan fingerprint density at radius 2 is 2.14 bits per heavy atom. The number of allylic oxidation sites excluding steroid dienone is 1. The molecule has 0 saturated heterocycles. The molecule has 0 unspecified atom stereocenters. The molecule has 0 spiro atoms. The quantitative estimate of drug-likeness (QED) is 0.580. The zero-order valence-electron chi connectivity index (χ0n) is 17.8. The average Bonchev–Trinajstić information content (AvgIpc) is 3.47. The lowest BCUT2D eigenvalue weighted by molar-refractivity contribution is 0.303. The van der Waals surface area contributed by atoms with Crippen LogP contribution in [0.2, 0.25) is 0 Å². The van der Waals surface area contributed by atoms with E-state index in [0.29, 0.717) is 5.92 Å². The average molecular weight is 392 g/mol. The van der Waals surface area contributed by atoms with Crippen molar-refractivity contribution in [1.29, 1.82) is 0 Å². The maximum Gasteiger partial charge on any atom is 0.146 e. The van der Waals surface area contributed by atoms with Gasteiger partial charge < -0.3 is 14.7 Å². The summed E-state index contributed by atoms with van der Waals surface area (Å²) in [5, 5.41) is 0. The van der Waals surface area contributed by atoms with Crippen LogP contribution in [0.4, 0.5) is 0 Å². The molecule has 3 heterocycles. The Bertz CT molecular complexity index is 899. The molecule has 4 heteroatoms. The summed E-state index contributed by atoms with van der Waals surface area (Å²) in [6.45, 7) is 2.29. The predicted molar refractivity (Wildman–Crippen MR) is 120 cm³/mol. The summed E-state index contributed by atoms with van der Waals surface area (Å²) in [6.07, 6.45) is 17.7. The lowest BCUT2D eigenvalue weighted by Crippen LogP contribution is -2.01. The summed E-state index contributed by atoms with van der Waals surface area (Å²) >= 11 is 0. The molecule has 0 aromatic carbocycles. The number of rotatable bonds is 6. The minimum Gasteiger partial charge on any atom is -0.494 e. The van der Waals surface area contributed by atoms with Crippen LogP contribution >= 0.6 is 0 Å². The molecule has 154 valence electrons. The van der Waals surface area contributed by atoms with E-state index >= 15 is 0 Å². The van der Waals surface area contributed by atoms with Crippen molar-refractivity contribution in [2.75, 3.05) is 7.11 Å². The Morgan fingerprint density at radius 3 is 2.93 bits per heavy atom. The van der Waals surface area contributed by atoms with Gasteiger partial charge in [-0.15, -0.1) is 0 Å². The lowest BCUT2D eigenvalue weighted by Gasteiger charge is -2.17. The fourth-order valence-electron chi connectivity index (χ4n) is 4.55. The zero-order valence-corrected chi connectivity index (χ0v) is 17.8. The molecule has 2 aliphatic rings. The zero-order chi connectivity index (χ0) is 20.1. The molecule has 0 fully saturated rings. The molecule has 0 radical (unpaired) electrons. The molecule has 4 rings (SSSR count). The smallest absolute Gasteiger partial charge is 0.146 e. The Morgan fingerprint density at radius 1 is 1.24 bits per heavy atom. The summed E-state index contributed by atoms with van der Waals surface area (Å²) in [4.78, 5) is 11.8. The van der Waals surface area contributed by atoms with Crippen molar-refractivity contribution in [1.82, 2.24) is 9.97 Å². The Balaban J connectivity index is 1.70. The van der Waals surface area contributed by atoms with Crippen molar-refractivity contribution < 1.29 is 4.74 Å². The number of unbranched alkanes of at least 4 members (excludes halogenated alkanes) is 1. The highest BCUT2D eigenvalue weighted by Crippen LogP contribution is 2.35. The number of H-pyrrole nitrogens is 2. The molecule has 1 aliphatic heterocycles. The minimum atomic E-state index is 0.633. The van der Waals surface area contributed by atoms with Crippen molar-refractivity contribution >= 4 is 11.8 Å². The third-order valence-electron chi connectivity index (χ3n) is 6.17. The second-order valence-corrected chi connectivity index (χ2v) is 8.28. The van der Waals surface area contributed by atoms with Crippen molar-refractivity contribution in [3.63, 3.8) is 0 Å². The van der Waals surface area contributed by atoms with Crippen molar-refractivity contribution in [2.24, 2.45) is 4.99 Å². The van der Waals surface area contributed by atoms with Crippen LogP contribution in [0.25, 0.3) is 6.08 Å². The van der Waals surface area contributed by atoms with Gasteiger partial charge in [0.2, 0.25) is 0 Å². The van der Waals surface area contributed by atoms with Gasteiger partial charge in [-0.05, 0) is 61.4 Å². The van der Waals surface area contributed by atoms with Crippen LogP contribution in [0.15, 0.2) is 46.9 Å². The van der Waals surface area contributed by atoms with Gasteiger partial charge in [-0.3, -0.25) is 0 Å². The standard InChI is InChI=1S/C25H33N3O/c1-3-4-10-18-11-7-5-6-8-12-19-15-20(18)22(27-19)16-24-25(29-2)17-23(28-24)21-13-9-14-26-21/h9,13-18,26-27H,3-8,10-12H2,1-2H3/b24-16-/t18-/m0/s1. The van der Waals surface area contributed by atoms with Gasteiger partial charge >= 0.3 is 0 Å². The van der Waals surface area contributed by atoms with E-state index in [1.165, 1.54) is 68.3 Å². The first-order chi connectivity index (χ1) is 14.3. The van der Waals surface area contributed by atoms with Gasteiger partial charge in [0.25, 0.3) is 0 Å². The fraction of sp³-hybridized carbons (Fsp3) is 0.480. The summed E-state index contributed by atoms with van der Waals surface area (Å²) in [5.41, 5.74) is 6.90. The molecule has 2 N–H and O–H groups in total. The second kappa shape index (κ2) is 9.34. The van der Waals surface area contributed by atoms with E-state index in [4.69, 9.17) is 9.73 Å². The van der Waals surface area contributed by atoms with Gasteiger partial charge in [0, 0.05) is 23.7 Å². The largest absolute Gasteiger partial charge is 0.494 e. The second-order valence-electron chi connectivity index (χ2n) is 8.28. The third-order valence-corrected chi connectivity index (χ3v) is 6.17. The van der Waals surface area contributed by atoms with Gasteiger partial charge in [0.05, 0.1) is 18.5 Å². The number of hydrogen-bond acceptors (Lipinski definition) is 2. The van der Waals surface area contributed by atoms with Crippen LogP contribution in [0.1, 0.15) is 86.9 Å². The Labute approximate surface area is 174 Å².